The molecule has 5 nitrogen and oxygen atoms in total. The molecule has 2 aromatic rings. The Labute approximate surface area is 147 Å². The lowest BCUT2D eigenvalue weighted by molar-refractivity contribution is 0.337. The van der Waals surface area contributed by atoms with Gasteiger partial charge >= 0.3 is 0 Å². The monoisotopic (exact) mass is 378 g/mol. The van der Waals surface area contributed by atoms with Crippen LogP contribution in [0.25, 0.3) is 0 Å². The summed E-state index contributed by atoms with van der Waals surface area (Å²) in [6, 6.07) is 14.0. The second-order valence-electron chi connectivity index (χ2n) is 5.29. The molecule has 0 spiro atoms. The van der Waals surface area contributed by atoms with Crippen molar-refractivity contribution in [3.63, 3.8) is 0 Å². The van der Waals surface area contributed by atoms with Gasteiger partial charge in [0, 0.05) is 5.41 Å². The van der Waals surface area contributed by atoms with E-state index in [9.17, 15) is 21.9 Å². The normalized spacial score (nSPS) is 13.3. The van der Waals surface area contributed by atoms with Gasteiger partial charge in [-0.05, 0) is 43.3 Å². The maximum Gasteiger partial charge on any atom is 0.205 e. The van der Waals surface area contributed by atoms with Crippen LogP contribution >= 0.6 is 0 Å². The summed E-state index contributed by atoms with van der Waals surface area (Å²) in [6.07, 6.45) is 2.20. The number of aliphatic hydroxyl groups is 1. The SMILES string of the molecule is Cc1ccc(S(=O)(=O)/C(=C/C=C/S(=O)(=O)c2ccccc2)CO)cc1. The third kappa shape index (κ3) is 4.66. The van der Waals surface area contributed by atoms with Gasteiger partial charge in [-0.1, -0.05) is 35.9 Å². The molecule has 2 aromatic carbocycles. The zero-order chi connectivity index (χ0) is 18.5. The Hall–Kier alpha value is -2.22. The van der Waals surface area contributed by atoms with Crippen molar-refractivity contribution in [2.45, 2.75) is 16.7 Å². The van der Waals surface area contributed by atoms with Gasteiger partial charge < -0.3 is 5.11 Å². The minimum absolute atomic E-state index is 0.0396. The maximum absolute atomic E-state index is 12.5. The maximum atomic E-state index is 12.5. The van der Waals surface area contributed by atoms with Crippen LogP contribution in [0.3, 0.4) is 0 Å². The summed E-state index contributed by atoms with van der Waals surface area (Å²) in [6.45, 7) is 1.10. The van der Waals surface area contributed by atoms with Crippen molar-refractivity contribution in [2.24, 2.45) is 0 Å². The van der Waals surface area contributed by atoms with Crippen molar-refractivity contribution in [1.29, 1.82) is 0 Å². The van der Waals surface area contributed by atoms with Crippen molar-refractivity contribution in [3.05, 3.63) is 82.6 Å². The molecule has 0 heterocycles. The molecule has 0 radical (unpaired) electrons. The molecule has 0 fully saturated rings. The van der Waals surface area contributed by atoms with E-state index in [2.05, 4.69) is 0 Å². The third-order valence-electron chi connectivity index (χ3n) is 3.44. The minimum Gasteiger partial charge on any atom is -0.391 e. The molecule has 7 heteroatoms. The molecule has 1 N–H and O–H groups in total. The van der Waals surface area contributed by atoms with E-state index in [4.69, 9.17) is 0 Å². The van der Waals surface area contributed by atoms with E-state index in [1.54, 1.807) is 30.3 Å². The van der Waals surface area contributed by atoms with Crippen LogP contribution in [0.15, 0.2) is 86.9 Å². The van der Waals surface area contributed by atoms with Gasteiger partial charge in [-0.2, -0.15) is 0 Å². The second-order valence-corrected chi connectivity index (χ2v) is 9.13. The Bertz CT molecular complexity index is 985. The molecular formula is C18H18O5S2. The lowest BCUT2D eigenvalue weighted by atomic mass is 10.2. The summed E-state index contributed by atoms with van der Waals surface area (Å²) in [5, 5.41) is 10.3. The van der Waals surface area contributed by atoms with Gasteiger partial charge in [0.2, 0.25) is 9.84 Å². The first-order valence-corrected chi connectivity index (χ1v) is 10.4. The van der Waals surface area contributed by atoms with Crippen LogP contribution in [0.4, 0.5) is 0 Å². The van der Waals surface area contributed by atoms with Gasteiger partial charge in [0.05, 0.1) is 21.3 Å². The average molecular weight is 378 g/mol. The standard InChI is InChI=1S/C18H18O5S2/c1-15-9-11-17(12-10-15)25(22,23)18(14-19)8-5-13-24(20,21)16-6-3-2-4-7-16/h2-13,19H,14H2,1H3/b13-5+,18-8+. The Morgan fingerprint density at radius 1 is 0.920 bits per heavy atom. The van der Waals surface area contributed by atoms with E-state index < -0.39 is 26.3 Å². The molecule has 0 amide bonds. The van der Waals surface area contributed by atoms with Crippen molar-refractivity contribution in [1.82, 2.24) is 0 Å². The lowest BCUT2D eigenvalue weighted by Crippen LogP contribution is -2.08. The fraction of sp³-hybridized carbons (Fsp3) is 0.111. The molecule has 0 aliphatic rings. The molecule has 0 unspecified atom stereocenters. The third-order valence-corrected chi connectivity index (χ3v) is 6.74. The topological polar surface area (TPSA) is 88.5 Å². The van der Waals surface area contributed by atoms with Crippen molar-refractivity contribution in [3.8, 4) is 0 Å². The van der Waals surface area contributed by atoms with Crippen molar-refractivity contribution >= 4 is 19.7 Å². The Kier molecular flexibility index (Phi) is 5.94. The zero-order valence-corrected chi connectivity index (χ0v) is 15.2. The molecule has 0 saturated heterocycles. The van der Waals surface area contributed by atoms with Gasteiger partial charge in [-0.25, -0.2) is 16.8 Å². The van der Waals surface area contributed by atoms with Gasteiger partial charge in [0.15, 0.2) is 9.84 Å². The predicted octanol–water partition coefficient (Wildman–Crippen LogP) is 2.63. The van der Waals surface area contributed by atoms with E-state index >= 15 is 0 Å². The molecule has 132 valence electrons. The molecule has 0 atom stereocenters. The Morgan fingerprint density at radius 3 is 2.08 bits per heavy atom. The summed E-state index contributed by atoms with van der Waals surface area (Å²) in [4.78, 5) is -0.139. The minimum atomic E-state index is -3.89. The highest BCUT2D eigenvalue weighted by Gasteiger charge is 2.19. The van der Waals surface area contributed by atoms with Crippen LogP contribution < -0.4 is 0 Å². The summed E-state index contributed by atoms with van der Waals surface area (Å²) >= 11 is 0. The van der Waals surface area contributed by atoms with Crippen LogP contribution in [0.5, 0.6) is 0 Å². The smallest absolute Gasteiger partial charge is 0.205 e. The molecule has 0 aliphatic carbocycles. The molecule has 0 saturated carbocycles. The number of rotatable bonds is 6. The number of aliphatic hydroxyl groups excluding tert-OH is 1. The summed E-state index contributed by atoms with van der Waals surface area (Å²) in [7, 11) is -7.57. The van der Waals surface area contributed by atoms with Gasteiger partial charge in [-0.3, -0.25) is 0 Å². The van der Waals surface area contributed by atoms with Crippen LogP contribution in [0.1, 0.15) is 5.56 Å². The van der Waals surface area contributed by atoms with E-state index in [-0.39, 0.29) is 14.7 Å². The Balaban J connectivity index is 2.33. The second kappa shape index (κ2) is 7.77. The van der Waals surface area contributed by atoms with E-state index in [0.717, 1.165) is 23.1 Å². The molecule has 0 bridgehead atoms. The predicted molar refractivity (Wildman–Crippen MR) is 96.3 cm³/mol. The zero-order valence-electron chi connectivity index (χ0n) is 13.5. The van der Waals surface area contributed by atoms with Crippen molar-refractivity contribution < 1.29 is 21.9 Å². The number of hydrogen-bond donors (Lipinski definition) is 1. The number of aryl methyl sites for hydroxylation is 1. The van der Waals surface area contributed by atoms with Crippen LogP contribution in [-0.2, 0) is 19.7 Å². The molecule has 0 aliphatic heterocycles. The lowest BCUT2D eigenvalue weighted by Gasteiger charge is -2.06. The van der Waals surface area contributed by atoms with Crippen LogP contribution in [-0.4, -0.2) is 28.5 Å². The quantitative estimate of drug-likeness (QED) is 0.781. The summed E-state index contributed by atoms with van der Waals surface area (Å²) in [5.74, 6) is 0. The molecule has 2 rings (SSSR count). The summed E-state index contributed by atoms with van der Waals surface area (Å²) in [5.41, 5.74) is 0.905. The first-order valence-electron chi connectivity index (χ1n) is 7.37. The van der Waals surface area contributed by atoms with Gasteiger partial charge in [-0.15, -0.1) is 0 Å². The van der Waals surface area contributed by atoms with Gasteiger partial charge in [0.1, 0.15) is 0 Å². The number of benzene rings is 2. The molecular weight excluding hydrogens is 360 g/mol. The van der Waals surface area contributed by atoms with E-state index in [1.165, 1.54) is 24.3 Å². The van der Waals surface area contributed by atoms with Gasteiger partial charge in [0.25, 0.3) is 0 Å². The van der Waals surface area contributed by atoms with Crippen LogP contribution in [0, 0.1) is 6.92 Å². The number of allylic oxidation sites excluding steroid dienone is 2. The molecule has 25 heavy (non-hydrogen) atoms. The van der Waals surface area contributed by atoms with E-state index in [0.29, 0.717) is 0 Å². The Morgan fingerprint density at radius 2 is 1.52 bits per heavy atom. The average Bonchev–Trinajstić information content (AvgIpc) is 2.59. The molecule has 0 aromatic heterocycles. The first-order chi connectivity index (χ1) is 11.8. The van der Waals surface area contributed by atoms with Crippen LogP contribution in [0.2, 0.25) is 0 Å². The highest BCUT2D eigenvalue weighted by atomic mass is 32.2. The van der Waals surface area contributed by atoms with Crippen molar-refractivity contribution in [2.75, 3.05) is 6.61 Å². The van der Waals surface area contributed by atoms with E-state index in [1.807, 2.05) is 6.92 Å². The fourth-order valence-corrected chi connectivity index (χ4v) is 4.24. The first kappa shape index (κ1) is 19.1. The number of hydrogen-bond acceptors (Lipinski definition) is 5. The largest absolute Gasteiger partial charge is 0.391 e. The fourth-order valence-electron chi connectivity index (χ4n) is 2.03. The highest BCUT2D eigenvalue weighted by Crippen LogP contribution is 2.20. The highest BCUT2D eigenvalue weighted by molar-refractivity contribution is 7.95. The summed E-state index contributed by atoms with van der Waals surface area (Å²) < 4.78 is 49.2. The number of sulfone groups is 2.